The molecule has 4 heteroatoms. The van der Waals surface area contributed by atoms with E-state index < -0.39 is 0 Å². The van der Waals surface area contributed by atoms with Gasteiger partial charge in [-0.3, -0.25) is 0 Å². The lowest BCUT2D eigenvalue weighted by molar-refractivity contribution is 0.120. The number of hydrogen-bond donors (Lipinski definition) is 2. The number of aliphatic hydroxyl groups is 1. The molecule has 1 fully saturated rings. The van der Waals surface area contributed by atoms with Gasteiger partial charge >= 0.3 is 0 Å². The number of aliphatic hydroxyl groups excluding tert-OH is 1. The van der Waals surface area contributed by atoms with Gasteiger partial charge in [-0.2, -0.15) is 0 Å². The number of aromatic amines is 1. The fraction of sp³-hybridized carbons (Fsp3) is 0.417. The van der Waals surface area contributed by atoms with Crippen molar-refractivity contribution < 1.29 is 5.11 Å². The maximum Gasteiger partial charge on any atom is 0.102 e. The van der Waals surface area contributed by atoms with E-state index in [0.717, 1.165) is 29.2 Å². The molecule has 2 N–H and O–H groups in total. The van der Waals surface area contributed by atoms with Crippen LogP contribution in [-0.4, -0.2) is 21.7 Å². The van der Waals surface area contributed by atoms with Crippen LogP contribution in [0.5, 0.6) is 0 Å². The number of nitrogens with one attached hydrogen (secondary N) is 1. The van der Waals surface area contributed by atoms with E-state index in [1.54, 1.807) is 11.3 Å². The summed E-state index contributed by atoms with van der Waals surface area (Å²) in [5.41, 5.74) is 2.01. The third kappa shape index (κ3) is 1.41. The third-order valence-electron chi connectivity index (χ3n) is 3.45. The minimum Gasteiger partial charge on any atom is -0.395 e. The first-order chi connectivity index (χ1) is 7.84. The number of thiazole rings is 1. The van der Waals surface area contributed by atoms with Crippen molar-refractivity contribution in [3.8, 4) is 11.4 Å². The highest BCUT2D eigenvalue weighted by molar-refractivity contribution is 7.10. The first kappa shape index (κ1) is 10.1. The van der Waals surface area contributed by atoms with Gasteiger partial charge in [-0.25, -0.2) is 4.98 Å². The smallest absolute Gasteiger partial charge is 0.102 e. The van der Waals surface area contributed by atoms with E-state index in [-0.39, 0.29) is 12.0 Å². The number of hydrogen-bond acceptors (Lipinski definition) is 3. The number of H-pyrrole nitrogens is 1. The van der Waals surface area contributed by atoms with Crippen molar-refractivity contribution in [3.05, 3.63) is 28.7 Å². The zero-order chi connectivity index (χ0) is 11.0. The van der Waals surface area contributed by atoms with Gasteiger partial charge in [-0.1, -0.05) is 6.42 Å². The van der Waals surface area contributed by atoms with E-state index in [4.69, 9.17) is 0 Å². The molecule has 2 aromatic rings. The van der Waals surface area contributed by atoms with Crippen molar-refractivity contribution in [2.24, 2.45) is 0 Å². The standard InChI is InChI=1S/C12H14N2OS/c15-8-12(4-2-5-12)11-14-10(7-16-11)9-3-1-6-13-9/h1,3,6-7,13,15H,2,4-5,8H2. The Morgan fingerprint density at radius 1 is 1.50 bits per heavy atom. The molecule has 0 unspecified atom stereocenters. The van der Waals surface area contributed by atoms with Gasteiger partial charge in [0.25, 0.3) is 0 Å². The van der Waals surface area contributed by atoms with Crippen LogP contribution in [0.4, 0.5) is 0 Å². The Morgan fingerprint density at radius 2 is 2.38 bits per heavy atom. The SMILES string of the molecule is OCC1(c2nc(-c3ccc[nH]3)cs2)CCC1. The van der Waals surface area contributed by atoms with Crippen molar-refractivity contribution in [2.45, 2.75) is 24.7 Å². The molecular formula is C12H14N2OS. The highest BCUT2D eigenvalue weighted by atomic mass is 32.1. The van der Waals surface area contributed by atoms with Crippen molar-refractivity contribution in [3.63, 3.8) is 0 Å². The van der Waals surface area contributed by atoms with E-state index >= 15 is 0 Å². The summed E-state index contributed by atoms with van der Waals surface area (Å²) in [4.78, 5) is 7.80. The summed E-state index contributed by atoms with van der Waals surface area (Å²) in [6.45, 7) is 0.227. The molecule has 3 nitrogen and oxygen atoms in total. The predicted octanol–water partition coefficient (Wildman–Crippen LogP) is 2.55. The zero-order valence-electron chi connectivity index (χ0n) is 8.94. The summed E-state index contributed by atoms with van der Waals surface area (Å²) in [5.74, 6) is 0. The van der Waals surface area contributed by atoms with Crippen molar-refractivity contribution in [2.75, 3.05) is 6.61 Å². The van der Waals surface area contributed by atoms with Crippen LogP contribution in [0.25, 0.3) is 11.4 Å². The van der Waals surface area contributed by atoms with Crippen LogP contribution in [0.15, 0.2) is 23.7 Å². The molecule has 2 aromatic heterocycles. The summed E-state index contributed by atoms with van der Waals surface area (Å²) in [6, 6.07) is 3.99. The van der Waals surface area contributed by atoms with Gasteiger partial charge in [0.05, 0.1) is 18.0 Å². The Balaban J connectivity index is 1.93. The monoisotopic (exact) mass is 234 g/mol. The number of nitrogens with zero attached hydrogens (tertiary/aromatic N) is 1. The maximum atomic E-state index is 9.49. The van der Waals surface area contributed by atoms with Crippen molar-refractivity contribution in [1.82, 2.24) is 9.97 Å². The lowest BCUT2D eigenvalue weighted by atomic mass is 9.70. The lowest BCUT2D eigenvalue weighted by Crippen LogP contribution is -2.37. The van der Waals surface area contributed by atoms with Crippen LogP contribution in [-0.2, 0) is 5.41 Å². The van der Waals surface area contributed by atoms with Gasteiger partial charge in [-0.15, -0.1) is 11.3 Å². The largest absolute Gasteiger partial charge is 0.395 e. The van der Waals surface area contributed by atoms with Crippen LogP contribution in [0.3, 0.4) is 0 Å². The highest BCUT2D eigenvalue weighted by Gasteiger charge is 2.40. The Kier molecular flexibility index (Phi) is 2.33. The summed E-state index contributed by atoms with van der Waals surface area (Å²) >= 11 is 1.66. The number of aromatic nitrogens is 2. The minimum absolute atomic E-state index is 0.0322. The highest BCUT2D eigenvalue weighted by Crippen LogP contribution is 2.45. The summed E-state index contributed by atoms with van der Waals surface area (Å²) < 4.78 is 0. The molecule has 84 valence electrons. The molecule has 0 atom stereocenters. The Morgan fingerprint density at radius 3 is 2.94 bits per heavy atom. The molecule has 0 amide bonds. The van der Waals surface area contributed by atoms with Gasteiger partial charge in [-0.05, 0) is 25.0 Å². The summed E-state index contributed by atoms with van der Waals surface area (Å²) in [7, 11) is 0. The van der Waals surface area contributed by atoms with Crippen molar-refractivity contribution in [1.29, 1.82) is 0 Å². The van der Waals surface area contributed by atoms with Crippen LogP contribution >= 0.6 is 11.3 Å². The molecule has 1 saturated carbocycles. The molecule has 2 heterocycles. The average Bonchev–Trinajstić information content (AvgIpc) is 2.86. The first-order valence-electron chi connectivity index (χ1n) is 5.55. The summed E-state index contributed by atoms with van der Waals surface area (Å²) in [5, 5.41) is 12.6. The normalized spacial score (nSPS) is 18.3. The third-order valence-corrected chi connectivity index (χ3v) is 4.53. The van der Waals surface area contributed by atoms with Gasteiger partial charge in [0.1, 0.15) is 5.01 Å². The minimum atomic E-state index is -0.0322. The van der Waals surface area contributed by atoms with Crippen molar-refractivity contribution >= 4 is 11.3 Å². The van der Waals surface area contributed by atoms with E-state index in [1.807, 2.05) is 18.3 Å². The molecule has 16 heavy (non-hydrogen) atoms. The molecule has 0 radical (unpaired) electrons. The Hall–Kier alpha value is -1.13. The second-order valence-electron chi connectivity index (χ2n) is 4.41. The molecule has 0 saturated heterocycles. The molecular weight excluding hydrogens is 220 g/mol. The van der Waals surface area contributed by atoms with Crippen LogP contribution in [0.1, 0.15) is 24.3 Å². The zero-order valence-corrected chi connectivity index (χ0v) is 9.76. The molecule has 0 bridgehead atoms. The van der Waals surface area contributed by atoms with Crippen LogP contribution < -0.4 is 0 Å². The first-order valence-corrected chi connectivity index (χ1v) is 6.43. The van der Waals surface area contributed by atoms with Gasteiger partial charge in [0.15, 0.2) is 0 Å². The van der Waals surface area contributed by atoms with E-state index in [0.29, 0.717) is 0 Å². The van der Waals surface area contributed by atoms with Gasteiger partial charge < -0.3 is 10.1 Å². The molecule has 0 aliphatic heterocycles. The van der Waals surface area contributed by atoms with E-state index in [1.165, 1.54) is 6.42 Å². The fourth-order valence-corrected chi connectivity index (χ4v) is 3.25. The molecule has 3 rings (SSSR count). The Labute approximate surface area is 98.2 Å². The second-order valence-corrected chi connectivity index (χ2v) is 5.27. The topological polar surface area (TPSA) is 48.9 Å². The average molecular weight is 234 g/mol. The maximum absolute atomic E-state index is 9.49. The molecule has 1 aliphatic carbocycles. The second kappa shape index (κ2) is 3.71. The summed E-state index contributed by atoms with van der Waals surface area (Å²) in [6.07, 6.45) is 5.25. The number of rotatable bonds is 3. The molecule has 1 aliphatic rings. The predicted molar refractivity (Wildman–Crippen MR) is 64.5 cm³/mol. The van der Waals surface area contributed by atoms with Crippen LogP contribution in [0, 0.1) is 0 Å². The van der Waals surface area contributed by atoms with Gasteiger partial charge in [0, 0.05) is 17.0 Å². The molecule has 0 aromatic carbocycles. The fourth-order valence-electron chi connectivity index (χ4n) is 2.17. The lowest BCUT2D eigenvalue weighted by Gasteiger charge is -2.38. The quantitative estimate of drug-likeness (QED) is 0.857. The van der Waals surface area contributed by atoms with Crippen LogP contribution in [0.2, 0.25) is 0 Å². The Bertz CT molecular complexity index is 465. The van der Waals surface area contributed by atoms with Gasteiger partial charge in [0.2, 0.25) is 0 Å². The van der Waals surface area contributed by atoms with E-state index in [2.05, 4.69) is 15.3 Å². The van der Waals surface area contributed by atoms with E-state index in [9.17, 15) is 5.11 Å². The molecule has 0 spiro atoms.